The van der Waals surface area contributed by atoms with Crippen molar-refractivity contribution >= 4 is 15.9 Å². The van der Waals surface area contributed by atoms with Gasteiger partial charge in [0.15, 0.2) is 0 Å². The van der Waals surface area contributed by atoms with Crippen LogP contribution in [0.5, 0.6) is 11.5 Å². The van der Waals surface area contributed by atoms with E-state index in [0.717, 1.165) is 0 Å². The molecule has 0 aromatic heterocycles. The van der Waals surface area contributed by atoms with Gasteiger partial charge in [-0.15, -0.1) is 13.2 Å². The molecular weight excluding hydrogens is 351 g/mol. The molecule has 112 valence electrons. The van der Waals surface area contributed by atoms with Crippen molar-refractivity contribution in [2.45, 2.75) is 12.4 Å². The second-order valence-electron chi connectivity index (χ2n) is 4.30. The molecule has 0 aliphatic carbocycles. The first kappa shape index (κ1) is 15.7. The zero-order valence-corrected chi connectivity index (χ0v) is 12.1. The Hall–Kier alpha value is -1.73. The van der Waals surface area contributed by atoms with Gasteiger partial charge < -0.3 is 15.6 Å². The highest BCUT2D eigenvalue weighted by Gasteiger charge is 2.31. The van der Waals surface area contributed by atoms with E-state index in [4.69, 9.17) is 5.73 Å². The Kier molecular flexibility index (Phi) is 4.43. The molecule has 3 N–H and O–H groups in total. The third kappa shape index (κ3) is 4.12. The Morgan fingerprint density at radius 1 is 1.10 bits per heavy atom. The lowest BCUT2D eigenvalue weighted by Crippen LogP contribution is -2.17. The van der Waals surface area contributed by atoms with Crippen LogP contribution in [0, 0.1) is 0 Å². The van der Waals surface area contributed by atoms with Gasteiger partial charge in [-0.2, -0.15) is 0 Å². The maximum atomic E-state index is 12.1. The van der Waals surface area contributed by atoms with Crippen molar-refractivity contribution < 1.29 is 23.0 Å². The Labute approximate surface area is 127 Å². The number of phenols is 1. The van der Waals surface area contributed by atoms with Crippen LogP contribution in [-0.2, 0) is 0 Å². The highest BCUT2D eigenvalue weighted by atomic mass is 79.9. The summed E-state index contributed by atoms with van der Waals surface area (Å²) in [4.78, 5) is 0. The van der Waals surface area contributed by atoms with E-state index < -0.39 is 12.4 Å². The van der Waals surface area contributed by atoms with Crippen molar-refractivity contribution in [2.24, 2.45) is 5.73 Å². The first-order chi connectivity index (χ1) is 9.76. The number of hydrogen-bond donors (Lipinski definition) is 2. The van der Waals surface area contributed by atoms with Gasteiger partial charge in [-0.1, -0.05) is 28.1 Å². The minimum Gasteiger partial charge on any atom is -0.508 e. The fourth-order valence-electron chi connectivity index (χ4n) is 1.83. The van der Waals surface area contributed by atoms with Gasteiger partial charge in [0.05, 0.1) is 6.04 Å². The summed E-state index contributed by atoms with van der Waals surface area (Å²) >= 11 is 3.32. The van der Waals surface area contributed by atoms with Crippen LogP contribution in [0.1, 0.15) is 17.2 Å². The van der Waals surface area contributed by atoms with Crippen molar-refractivity contribution in [2.75, 3.05) is 0 Å². The van der Waals surface area contributed by atoms with Crippen molar-refractivity contribution in [3.8, 4) is 11.5 Å². The maximum absolute atomic E-state index is 12.1. The summed E-state index contributed by atoms with van der Waals surface area (Å²) in [5, 5.41) is 9.48. The monoisotopic (exact) mass is 361 g/mol. The summed E-state index contributed by atoms with van der Waals surface area (Å²) in [7, 11) is 0. The molecule has 0 radical (unpaired) electrons. The van der Waals surface area contributed by atoms with Crippen molar-refractivity contribution in [1.82, 2.24) is 0 Å². The largest absolute Gasteiger partial charge is 0.573 e. The lowest BCUT2D eigenvalue weighted by Gasteiger charge is -2.16. The van der Waals surface area contributed by atoms with Crippen LogP contribution in [0.4, 0.5) is 13.2 Å². The molecule has 0 bridgehead atoms. The second-order valence-corrected chi connectivity index (χ2v) is 5.15. The zero-order chi connectivity index (χ0) is 15.6. The van der Waals surface area contributed by atoms with E-state index in [-0.39, 0.29) is 11.5 Å². The molecule has 0 spiro atoms. The quantitative estimate of drug-likeness (QED) is 0.865. The number of nitrogens with two attached hydrogens (primary N) is 1. The molecular formula is C14H11BrF3NO2. The summed E-state index contributed by atoms with van der Waals surface area (Å²) in [5.41, 5.74) is 7.28. The molecule has 0 unspecified atom stereocenters. The Morgan fingerprint density at radius 2 is 1.71 bits per heavy atom. The van der Waals surface area contributed by atoms with Crippen molar-refractivity contribution in [3.05, 3.63) is 58.1 Å². The van der Waals surface area contributed by atoms with E-state index in [0.29, 0.717) is 15.6 Å². The summed E-state index contributed by atoms with van der Waals surface area (Å²) in [6, 6.07) is 9.33. The second kappa shape index (κ2) is 5.95. The van der Waals surface area contributed by atoms with Gasteiger partial charge in [-0.3, -0.25) is 0 Å². The number of rotatable bonds is 3. The molecule has 2 rings (SSSR count). The van der Waals surface area contributed by atoms with E-state index in [9.17, 15) is 18.3 Å². The number of aromatic hydroxyl groups is 1. The van der Waals surface area contributed by atoms with Crippen LogP contribution in [0.15, 0.2) is 46.9 Å². The Balaban J connectivity index is 2.24. The van der Waals surface area contributed by atoms with E-state index in [1.807, 2.05) is 0 Å². The van der Waals surface area contributed by atoms with Crippen LogP contribution in [-0.4, -0.2) is 11.5 Å². The van der Waals surface area contributed by atoms with Crippen molar-refractivity contribution in [1.29, 1.82) is 0 Å². The van der Waals surface area contributed by atoms with Gasteiger partial charge in [-0.05, 0) is 41.5 Å². The van der Waals surface area contributed by atoms with Gasteiger partial charge in [0, 0.05) is 4.47 Å². The fraction of sp³-hybridized carbons (Fsp3) is 0.143. The topological polar surface area (TPSA) is 55.5 Å². The molecule has 0 heterocycles. The number of benzene rings is 2. The lowest BCUT2D eigenvalue weighted by atomic mass is 9.99. The number of ether oxygens (including phenoxy) is 1. The van der Waals surface area contributed by atoms with Gasteiger partial charge >= 0.3 is 6.36 Å². The maximum Gasteiger partial charge on any atom is 0.573 e. The molecule has 1 atom stereocenters. The van der Waals surface area contributed by atoms with E-state index in [2.05, 4.69) is 20.7 Å². The van der Waals surface area contributed by atoms with Gasteiger partial charge in [0.1, 0.15) is 11.5 Å². The van der Waals surface area contributed by atoms with Gasteiger partial charge in [-0.25, -0.2) is 0 Å². The number of halogens is 4. The van der Waals surface area contributed by atoms with Crippen LogP contribution in [0.3, 0.4) is 0 Å². The molecule has 0 aliphatic heterocycles. The van der Waals surface area contributed by atoms with Crippen LogP contribution >= 0.6 is 15.9 Å². The fourth-order valence-corrected chi connectivity index (χ4v) is 2.32. The summed E-state index contributed by atoms with van der Waals surface area (Å²) in [6.07, 6.45) is -4.72. The number of hydrogen-bond acceptors (Lipinski definition) is 3. The Bertz CT molecular complexity index is 629. The molecule has 0 fully saturated rings. The zero-order valence-electron chi connectivity index (χ0n) is 10.6. The third-order valence-electron chi connectivity index (χ3n) is 2.79. The minimum atomic E-state index is -4.72. The summed E-state index contributed by atoms with van der Waals surface area (Å²) in [5.74, 6) is -0.255. The third-order valence-corrected chi connectivity index (χ3v) is 3.51. The van der Waals surface area contributed by atoms with Gasteiger partial charge in [0.2, 0.25) is 0 Å². The van der Waals surface area contributed by atoms with Gasteiger partial charge in [0.25, 0.3) is 0 Å². The molecule has 0 saturated carbocycles. The molecule has 0 amide bonds. The molecule has 2 aromatic rings. The SMILES string of the molecule is N[C@H](c1ccc(OC(F)(F)F)cc1)c1cc(O)ccc1Br. The van der Waals surface area contributed by atoms with E-state index >= 15 is 0 Å². The summed E-state index contributed by atoms with van der Waals surface area (Å²) < 4.78 is 40.7. The standard InChI is InChI=1S/C14H11BrF3NO2/c15-12-6-3-9(20)7-11(12)13(19)8-1-4-10(5-2-8)21-14(16,17)18/h1-7,13,20H,19H2/t13-/m1/s1. The van der Waals surface area contributed by atoms with Crippen LogP contribution in [0.2, 0.25) is 0 Å². The first-order valence-corrected chi connectivity index (χ1v) is 6.65. The lowest BCUT2D eigenvalue weighted by molar-refractivity contribution is -0.274. The predicted octanol–water partition coefficient (Wildman–Crippen LogP) is 4.10. The average Bonchev–Trinajstić information content (AvgIpc) is 2.40. The average molecular weight is 362 g/mol. The molecule has 7 heteroatoms. The molecule has 2 aromatic carbocycles. The summed E-state index contributed by atoms with van der Waals surface area (Å²) in [6.45, 7) is 0. The Morgan fingerprint density at radius 3 is 2.29 bits per heavy atom. The molecule has 21 heavy (non-hydrogen) atoms. The normalized spacial score (nSPS) is 13.0. The first-order valence-electron chi connectivity index (χ1n) is 5.86. The van der Waals surface area contributed by atoms with E-state index in [1.165, 1.54) is 36.4 Å². The predicted molar refractivity (Wildman–Crippen MR) is 75.0 cm³/mol. The minimum absolute atomic E-state index is 0.0562. The van der Waals surface area contributed by atoms with Crippen LogP contribution in [0.25, 0.3) is 0 Å². The molecule has 0 saturated heterocycles. The highest BCUT2D eigenvalue weighted by molar-refractivity contribution is 9.10. The smallest absolute Gasteiger partial charge is 0.508 e. The number of phenolic OH excluding ortho intramolecular Hbond substituents is 1. The van der Waals surface area contributed by atoms with Crippen molar-refractivity contribution in [3.63, 3.8) is 0 Å². The molecule has 0 aliphatic rings. The number of alkyl halides is 3. The highest BCUT2D eigenvalue weighted by Crippen LogP contribution is 2.31. The van der Waals surface area contributed by atoms with E-state index in [1.54, 1.807) is 6.07 Å². The van der Waals surface area contributed by atoms with Crippen LogP contribution < -0.4 is 10.5 Å². The molecule has 3 nitrogen and oxygen atoms in total.